The molecule has 0 atom stereocenters. The van der Waals surface area contributed by atoms with Crippen LogP contribution in [0, 0.1) is 5.82 Å². The highest BCUT2D eigenvalue weighted by Crippen LogP contribution is 2.26. The minimum absolute atomic E-state index is 0.0521. The second kappa shape index (κ2) is 5.07. The molecule has 2 rings (SSSR count). The van der Waals surface area contributed by atoms with E-state index in [4.69, 9.17) is 11.6 Å². The Morgan fingerprint density at radius 3 is 2.53 bits per heavy atom. The lowest BCUT2D eigenvalue weighted by Crippen LogP contribution is -2.13. The van der Waals surface area contributed by atoms with Gasteiger partial charge in [0.25, 0.3) is 10.0 Å². The zero-order valence-electron chi connectivity index (χ0n) is 9.47. The maximum absolute atomic E-state index is 12.9. The van der Waals surface area contributed by atoms with Crippen molar-refractivity contribution in [3.05, 3.63) is 53.3 Å². The molecule has 0 aliphatic rings. The summed E-state index contributed by atoms with van der Waals surface area (Å²) in [5.74, 6) is -0.738. The third kappa shape index (κ3) is 3.15. The molecule has 2 aromatic carbocycles. The second-order valence-electron chi connectivity index (χ2n) is 3.73. The third-order valence-electron chi connectivity index (χ3n) is 2.30. The summed E-state index contributed by atoms with van der Waals surface area (Å²) in [5.41, 5.74) is 0.0615. The number of benzene rings is 2. The molecule has 0 amide bonds. The summed E-state index contributed by atoms with van der Waals surface area (Å²) in [5, 5.41) is 9.21. The van der Waals surface area contributed by atoms with E-state index in [-0.39, 0.29) is 21.4 Å². The summed E-state index contributed by atoms with van der Waals surface area (Å²) < 4.78 is 39.1. The highest BCUT2D eigenvalue weighted by molar-refractivity contribution is 7.92. The summed E-state index contributed by atoms with van der Waals surface area (Å²) in [7, 11) is -3.89. The van der Waals surface area contributed by atoms with Gasteiger partial charge in [-0.2, -0.15) is 0 Å². The van der Waals surface area contributed by atoms with E-state index in [9.17, 15) is 17.9 Å². The monoisotopic (exact) mass is 301 g/mol. The molecule has 19 heavy (non-hydrogen) atoms. The SMILES string of the molecule is O=S(=O)(Nc1ccc(F)cc1Cl)c1cccc(O)c1. The lowest BCUT2D eigenvalue weighted by atomic mass is 10.3. The van der Waals surface area contributed by atoms with E-state index >= 15 is 0 Å². The van der Waals surface area contributed by atoms with Crippen molar-refractivity contribution < 1.29 is 17.9 Å². The van der Waals surface area contributed by atoms with Crippen molar-refractivity contribution in [2.45, 2.75) is 4.90 Å². The number of nitrogens with one attached hydrogen (secondary N) is 1. The van der Waals surface area contributed by atoms with Gasteiger partial charge in [-0.3, -0.25) is 4.72 Å². The van der Waals surface area contributed by atoms with Gasteiger partial charge in [0.2, 0.25) is 0 Å². The van der Waals surface area contributed by atoms with Crippen LogP contribution in [0.2, 0.25) is 5.02 Å². The number of sulfonamides is 1. The number of phenolic OH excluding ortho intramolecular Hbond substituents is 1. The van der Waals surface area contributed by atoms with Gasteiger partial charge in [-0.05, 0) is 30.3 Å². The quantitative estimate of drug-likeness (QED) is 0.916. The van der Waals surface area contributed by atoms with Crippen LogP contribution in [0.5, 0.6) is 5.75 Å². The fraction of sp³-hybridized carbons (Fsp3) is 0. The molecular weight excluding hydrogens is 293 g/mol. The topological polar surface area (TPSA) is 66.4 Å². The van der Waals surface area contributed by atoms with Crippen molar-refractivity contribution in [2.24, 2.45) is 0 Å². The minimum atomic E-state index is -3.89. The van der Waals surface area contributed by atoms with E-state index in [0.29, 0.717) is 0 Å². The number of anilines is 1. The first-order valence-corrected chi connectivity index (χ1v) is 7.01. The van der Waals surface area contributed by atoms with E-state index in [0.717, 1.165) is 18.2 Å². The van der Waals surface area contributed by atoms with Crippen LogP contribution in [-0.2, 0) is 10.0 Å². The number of hydrogen-bond donors (Lipinski definition) is 2. The summed E-state index contributed by atoms with van der Waals surface area (Å²) in [4.78, 5) is -0.118. The Hall–Kier alpha value is -1.79. The Kier molecular flexibility index (Phi) is 3.64. The van der Waals surface area contributed by atoms with E-state index in [1.54, 1.807) is 0 Å². The average Bonchev–Trinajstić information content (AvgIpc) is 2.33. The Morgan fingerprint density at radius 2 is 1.89 bits per heavy atom. The average molecular weight is 302 g/mol. The van der Waals surface area contributed by atoms with Crippen LogP contribution >= 0.6 is 11.6 Å². The molecule has 0 saturated heterocycles. The molecule has 0 unspecified atom stereocenters. The molecule has 2 aromatic rings. The summed E-state index contributed by atoms with van der Waals surface area (Å²) >= 11 is 5.74. The molecule has 0 fully saturated rings. The number of hydrogen-bond acceptors (Lipinski definition) is 3. The summed E-state index contributed by atoms with van der Waals surface area (Å²) in [6.07, 6.45) is 0. The van der Waals surface area contributed by atoms with Crippen molar-refractivity contribution in [3.8, 4) is 5.75 Å². The summed E-state index contributed by atoms with van der Waals surface area (Å²) in [6, 6.07) is 8.48. The molecule has 0 saturated carbocycles. The molecule has 0 spiro atoms. The molecule has 0 aliphatic heterocycles. The van der Waals surface area contributed by atoms with Crippen molar-refractivity contribution in [3.63, 3.8) is 0 Å². The predicted octanol–water partition coefficient (Wildman–Crippen LogP) is 2.99. The first-order chi connectivity index (χ1) is 8.88. The Morgan fingerprint density at radius 1 is 1.16 bits per heavy atom. The van der Waals surface area contributed by atoms with Crippen LogP contribution in [0.15, 0.2) is 47.4 Å². The van der Waals surface area contributed by atoms with Crippen LogP contribution < -0.4 is 4.72 Å². The van der Waals surface area contributed by atoms with Gasteiger partial charge in [0.1, 0.15) is 11.6 Å². The van der Waals surface area contributed by atoms with Gasteiger partial charge in [0.15, 0.2) is 0 Å². The van der Waals surface area contributed by atoms with Crippen LogP contribution in [0.25, 0.3) is 0 Å². The van der Waals surface area contributed by atoms with Gasteiger partial charge in [0, 0.05) is 6.07 Å². The van der Waals surface area contributed by atoms with Crippen LogP contribution in [0.3, 0.4) is 0 Å². The van der Waals surface area contributed by atoms with E-state index in [2.05, 4.69) is 4.72 Å². The predicted molar refractivity (Wildman–Crippen MR) is 70.3 cm³/mol. The highest BCUT2D eigenvalue weighted by Gasteiger charge is 2.16. The van der Waals surface area contributed by atoms with Crippen LogP contribution in [-0.4, -0.2) is 13.5 Å². The van der Waals surface area contributed by atoms with E-state index in [1.807, 2.05) is 0 Å². The number of halogens is 2. The Bertz CT molecular complexity index is 719. The van der Waals surface area contributed by atoms with E-state index < -0.39 is 15.8 Å². The molecule has 2 N–H and O–H groups in total. The molecule has 0 aliphatic carbocycles. The van der Waals surface area contributed by atoms with E-state index in [1.165, 1.54) is 24.3 Å². The first-order valence-electron chi connectivity index (χ1n) is 5.15. The van der Waals surface area contributed by atoms with Gasteiger partial charge in [0.05, 0.1) is 15.6 Å². The standard InChI is InChI=1S/C12H9ClFNO3S/c13-11-6-8(14)4-5-12(11)15-19(17,18)10-3-1-2-9(16)7-10/h1-7,15-16H. The van der Waals surface area contributed by atoms with Crippen molar-refractivity contribution in [1.29, 1.82) is 0 Å². The minimum Gasteiger partial charge on any atom is -0.508 e. The van der Waals surface area contributed by atoms with Gasteiger partial charge in [-0.15, -0.1) is 0 Å². The van der Waals surface area contributed by atoms with Crippen LogP contribution in [0.4, 0.5) is 10.1 Å². The normalized spacial score (nSPS) is 11.3. The molecule has 100 valence electrons. The van der Waals surface area contributed by atoms with Crippen LogP contribution in [0.1, 0.15) is 0 Å². The molecule has 4 nitrogen and oxygen atoms in total. The fourth-order valence-corrected chi connectivity index (χ4v) is 2.82. The molecule has 0 radical (unpaired) electrons. The van der Waals surface area contributed by atoms with Gasteiger partial charge < -0.3 is 5.11 Å². The van der Waals surface area contributed by atoms with Gasteiger partial charge in [-0.1, -0.05) is 17.7 Å². The smallest absolute Gasteiger partial charge is 0.262 e. The Labute approximate surface area is 114 Å². The molecule has 7 heteroatoms. The highest BCUT2D eigenvalue weighted by atomic mass is 35.5. The zero-order chi connectivity index (χ0) is 14.0. The second-order valence-corrected chi connectivity index (χ2v) is 5.82. The van der Waals surface area contributed by atoms with Crippen molar-refractivity contribution in [2.75, 3.05) is 4.72 Å². The molecular formula is C12H9ClFNO3S. The largest absolute Gasteiger partial charge is 0.508 e. The lowest BCUT2D eigenvalue weighted by molar-refractivity contribution is 0.473. The zero-order valence-corrected chi connectivity index (χ0v) is 11.0. The molecule has 0 bridgehead atoms. The first kappa shape index (κ1) is 13.6. The van der Waals surface area contributed by atoms with Gasteiger partial charge in [-0.25, -0.2) is 12.8 Å². The number of rotatable bonds is 3. The summed E-state index contributed by atoms with van der Waals surface area (Å²) in [6.45, 7) is 0. The number of aromatic hydroxyl groups is 1. The Balaban J connectivity index is 2.36. The molecule has 0 heterocycles. The van der Waals surface area contributed by atoms with Gasteiger partial charge >= 0.3 is 0 Å². The molecule has 0 aromatic heterocycles. The maximum atomic E-state index is 12.9. The fourth-order valence-electron chi connectivity index (χ4n) is 1.43. The maximum Gasteiger partial charge on any atom is 0.262 e. The lowest BCUT2D eigenvalue weighted by Gasteiger charge is -2.09. The van der Waals surface area contributed by atoms with Crippen molar-refractivity contribution in [1.82, 2.24) is 0 Å². The van der Waals surface area contributed by atoms with Crippen molar-refractivity contribution >= 4 is 27.3 Å². The third-order valence-corrected chi connectivity index (χ3v) is 3.98. The number of phenols is 1.